The molecule has 3 aliphatic rings. The maximum absolute atomic E-state index is 13.8. The molecule has 0 saturated carbocycles. The van der Waals surface area contributed by atoms with E-state index in [-0.39, 0.29) is 0 Å². The van der Waals surface area contributed by atoms with Gasteiger partial charge in [0.1, 0.15) is 24.1 Å². The topological polar surface area (TPSA) is 75.3 Å². The molecule has 1 amide bonds. The van der Waals surface area contributed by atoms with Gasteiger partial charge in [-0.05, 0) is 52.3 Å². The number of hydrogen-bond acceptors (Lipinski definition) is 6. The zero-order valence-electron chi connectivity index (χ0n) is 15.9. The van der Waals surface area contributed by atoms with Crippen LogP contribution in [0.4, 0.5) is 10.1 Å². The Labute approximate surface area is 157 Å². The van der Waals surface area contributed by atoms with Gasteiger partial charge in [-0.25, -0.2) is 4.39 Å². The number of ether oxygens (including phenoxy) is 5. The monoisotopic (exact) mass is 381 g/mol. The number of hydrogen-bond donors (Lipinski definition) is 1. The standard InChI is InChI=1S/C19H24FNO6/c1-9-6-7-10(8-11(9)20)21-16(22)14-12-13(25-18(2,3)24-12)15-17(23-14)27-19(4,5)26-15/h6-8,12-15,17H,1-5H3,(H,21,22)/t12-,13+,14-,15-,17+/m1/s1. The van der Waals surface area contributed by atoms with Gasteiger partial charge < -0.3 is 29.0 Å². The summed E-state index contributed by atoms with van der Waals surface area (Å²) in [7, 11) is 0. The quantitative estimate of drug-likeness (QED) is 0.848. The minimum absolute atomic E-state index is 0.340. The van der Waals surface area contributed by atoms with Gasteiger partial charge in [-0.2, -0.15) is 0 Å². The van der Waals surface area contributed by atoms with Crippen molar-refractivity contribution in [2.45, 2.75) is 76.9 Å². The fourth-order valence-electron chi connectivity index (χ4n) is 3.71. The van der Waals surface area contributed by atoms with E-state index in [1.165, 1.54) is 6.07 Å². The Kier molecular flexibility index (Phi) is 4.32. The number of aryl methyl sites for hydroxylation is 1. The van der Waals surface area contributed by atoms with Crippen LogP contribution in [0.5, 0.6) is 0 Å². The highest BCUT2D eigenvalue weighted by molar-refractivity contribution is 5.94. The van der Waals surface area contributed by atoms with Crippen molar-refractivity contribution in [3.8, 4) is 0 Å². The van der Waals surface area contributed by atoms with Crippen LogP contribution >= 0.6 is 0 Å². The Morgan fingerprint density at radius 2 is 1.63 bits per heavy atom. The molecule has 3 fully saturated rings. The highest BCUT2D eigenvalue weighted by Gasteiger charge is 2.62. The predicted molar refractivity (Wildman–Crippen MR) is 92.3 cm³/mol. The van der Waals surface area contributed by atoms with Crippen molar-refractivity contribution in [2.24, 2.45) is 0 Å². The van der Waals surface area contributed by atoms with Crippen molar-refractivity contribution < 1.29 is 32.9 Å². The summed E-state index contributed by atoms with van der Waals surface area (Å²) in [5, 5.41) is 2.68. The number of carbonyl (C=O) groups excluding carboxylic acids is 1. The van der Waals surface area contributed by atoms with Gasteiger partial charge in [0.25, 0.3) is 5.91 Å². The van der Waals surface area contributed by atoms with Gasteiger partial charge in [0.2, 0.25) is 0 Å². The molecule has 4 rings (SSSR count). The van der Waals surface area contributed by atoms with E-state index in [9.17, 15) is 9.18 Å². The van der Waals surface area contributed by atoms with Gasteiger partial charge in [-0.15, -0.1) is 0 Å². The van der Waals surface area contributed by atoms with Crippen molar-refractivity contribution >= 4 is 11.6 Å². The molecule has 3 heterocycles. The van der Waals surface area contributed by atoms with E-state index < -0.39 is 54.0 Å². The number of fused-ring (bicyclic) bond motifs is 3. The second-order valence-corrected chi connectivity index (χ2v) is 8.04. The van der Waals surface area contributed by atoms with Crippen molar-refractivity contribution in [1.29, 1.82) is 0 Å². The lowest BCUT2D eigenvalue weighted by molar-refractivity contribution is -0.229. The van der Waals surface area contributed by atoms with E-state index in [0.717, 1.165) is 0 Å². The number of benzene rings is 1. The zero-order valence-corrected chi connectivity index (χ0v) is 15.9. The largest absolute Gasteiger partial charge is 0.342 e. The summed E-state index contributed by atoms with van der Waals surface area (Å²) in [4.78, 5) is 12.9. The minimum Gasteiger partial charge on any atom is -0.342 e. The molecule has 3 saturated heterocycles. The maximum atomic E-state index is 13.8. The SMILES string of the molecule is Cc1ccc(NC(=O)[C@@H]2O[C@H]3OC(C)(C)O[C@@H]3[C@H]3OC(C)(C)O[C@H]32)cc1F. The number of halogens is 1. The molecule has 8 heteroatoms. The lowest BCUT2D eigenvalue weighted by Crippen LogP contribution is -2.58. The summed E-state index contributed by atoms with van der Waals surface area (Å²) < 4.78 is 43.2. The van der Waals surface area contributed by atoms with Gasteiger partial charge in [0, 0.05) is 5.69 Å². The number of nitrogens with one attached hydrogen (secondary N) is 1. The Hall–Kier alpha value is -1.58. The predicted octanol–water partition coefficient (Wildman–Crippen LogP) is 2.47. The molecule has 0 bridgehead atoms. The molecule has 7 nitrogen and oxygen atoms in total. The van der Waals surface area contributed by atoms with Crippen LogP contribution in [0, 0.1) is 12.7 Å². The molecule has 0 aromatic heterocycles. The summed E-state index contributed by atoms with van der Waals surface area (Å²) in [5.41, 5.74) is 0.838. The molecule has 0 unspecified atom stereocenters. The first-order valence-corrected chi connectivity index (χ1v) is 8.98. The maximum Gasteiger partial charge on any atom is 0.256 e. The second-order valence-electron chi connectivity index (χ2n) is 8.04. The average Bonchev–Trinajstić information content (AvgIpc) is 3.04. The molecular formula is C19H24FNO6. The molecule has 27 heavy (non-hydrogen) atoms. The molecule has 0 aliphatic carbocycles. The highest BCUT2D eigenvalue weighted by atomic mass is 19.1. The van der Waals surface area contributed by atoms with E-state index in [2.05, 4.69) is 5.32 Å². The minimum atomic E-state index is -0.986. The number of rotatable bonds is 2. The van der Waals surface area contributed by atoms with Gasteiger partial charge in [-0.1, -0.05) is 6.07 Å². The van der Waals surface area contributed by atoms with Crippen LogP contribution in [0.1, 0.15) is 33.3 Å². The third-order valence-corrected chi connectivity index (χ3v) is 4.85. The van der Waals surface area contributed by atoms with Crippen molar-refractivity contribution in [2.75, 3.05) is 5.32 Å². The first-order valence-electron chi connectivity index (χ1n) is 8.98. The third kappa shape index (κ3) is 3.48. The van der Waals surface area contributed by atoms with Crippen LogP contribution in [0.3, 0.4) is 0 Å². The molecule has 1 N–H and O–H groups in total. The van der Waals surface area contributed by atoms with Crippen LogP contribution in [-0.2, 0) is 28.5 Å². The van der Waals surface area contributed by atoms with Crippen LogP contribution in [0.25, 0.3) is 0 Å². The van der Waals surface area contributed by atoms with Gasteiger partial charge >= 0.3 is 0 Å². The fourth-order valence-corrected chi connectivity index (χ4v) is 3.71. The van der Waals surface area contributed by atoms with Crippen LogP contribution < -0.4 is 5.32 Å². The molecular weight excluding hydrogens is 357 g/mol. The van der Waals surface area contributed by atoms with Gasteiger partial charge in [0.05, 0.1) is 0 Å². The van der Waals surface area contributed by atoms with E-state index in [0.29, 0.717) is 11.3 Å². The third-order valence-electron chi connectivity index (χ3n) is 4.85. The van der Waals surface area contributed by atoms with E-state index in [4.69, 9.17) is 23.7 Å². The first-order chi connectivity index (χ1) is 12.5. The molecule has 0 radical (unpaired) electrons. The lowest BCUT2D eigenvalue weighted by atomic mass is 9.98. The number of carbonyl (C=O) groups is 1. The molecule has 1 aromatic carbocycles. The highest BCUT2D eigenvalue weighted by Crippen LogP contribution is 2.44. The molecule has 148 valence electrons. The first kappa shape index (κ1) is 18.8. The number of amides is 1. The van der Waals surface area contributed by atoms with Crippen LogP contribution in [0.2, 0.25) is 0 Å². The summed E-state index contributed by atoms with van der Waals surface area (Å²) >= 11 is 0. The van der Waals surface area contributed by atoms with E-state index in [1.54, 1.807) is 46.8 Å². The van der Waals surface area contributed by atoms with Crippen molar-refractivity contribution in [1.82, 2.24) is 0 Å². The summed E-state index contributed by atoms with van der Waals surface area (Å²) in [6.07, 6.45) is -3.45. The Bertz CT molecular complexity index is 767. The van der Waals surface area contributed by atoms with Crippen molar-refractivity contribution in [3.63, 3.8) is 0 Å². The molecule has 1 aromatic rings. The Morgan fingerprint density at radius 1 is 1.00 bits per heavy atom. The van der Waals surface area contributed by atoms with Gasteiger partial charge in [-0.3, -0.25) is 4.79 Å². The van der Waals surface area contributed by atoms with Gasteiger partial charge in [0.15, 0.2) is 24.0 Å². The van der Waals surface area contributed by atoms with E-state index in [1.807, 2.05) is 0 Å². The summed E-state index contributed by atoms with van der Waals surface area (Å²) in [5.74, 6) is -2.60. The van der Waals surface area contributed by atoms with Crippen molar-refractivity contribution in [3.05, 3.63) is 29.6 Å². The molecule has 3 aliphatic heterocycles. The summed E-state index contributed by atoms with van der Waals surface area (Å²) in [6.45, 7) is 8.74. The van der Waals surface area contributed by atoms with Crippen LogP contribution in [0.15, 0.2) is 18.2 Å². The molecule has 5 atom stereocenters. The summed E-state index contributed by atoms with van der Waals surface area (Å²) in [6, 6.07) is 4.50. The fraction of sp³-hybridized carbons (Fsp3) is 0.632. The van der Waals surface area contributed by atoms with E-state index >= 15 is 0 Å². The smallest absolute Gasteiger partial charge is 0.256 e. The zero-order chi connectivity index (χ0) is 19.6. The normalized spacial score (nSPS) is 36.1. The number of anilines is 1. The lowest BCUT2D eigenvalue weighted by Gasteiger charge is -2.36. The Balaban J connectivity index is 1.57. The Morgan fingerprint density at radius 3 is 2.33 bits per heavy atom. The van der Waals surface area contributed by atoms with Crippen LogP contribution in [-0.4, -0.2) is 48.2 Å². The molecule has 0 spiro atoms. The average molecular weight is 381 g/mol. The second kappa shape index (κ2) is 6.22.